The van der Waals surface area contributed by atoms with Gasteiger partial charge in [0.2, 0.25) is 0 Å². The molecular weight excluding hydrogens is 338 g/mol. The van der Waals surface area contributed by atoms with Crippen LogP contribution < -0.4 is 8.92 Å². The summed E-state index contributed by atoms with van der Waals surface area (Å²) in [6.07, 6.45) is -1.71. The fourth-order valence-corrected chi connectivity index (χ4v) is 2.66. The first kappa shape index (κ1) is 18.3. The maximum Gasteiger partial charge on any atom is 0.511 e. The molecule has 1 heterocycles. The molecule has 0 spiro atoms. The van der Waals surface area contributed by atoms with E-state index >= 15 is 0 Å². The van der Waals surface area contributed by atoms with Gasteiger partial charge in [0.1, 0.15) is 11.5 Å². The van der Waals surface area contributed by atoms with Crippen molar-refractivity contribution in [3.63, 3.8) is 0 Å². The fraction of sp³-hybridized carbons (Fsp3) is 0.533. The molecule has 8 nitrogen and oxygen atoms in total. The molecule has 0 bridgehead atoms. The summed E-state index contributed by atoms with van der Waals surface area (Å²) in [6.45, 7) is 5.49. The highest BCUT2D eigenvalue weighted by Crippen LogP contribution is 2.45. The minimum atomic E-state index is -3.86. The number of rotatable bonds is 5. The molecule has 1 aliphatic heterocycles. The van der Waals surface area contributed by atoms with Crippen molar-refractivity contribution in [1.82, 2.24) is 4.31 Å². The van der Waals surface area contributed by atoms with Gasteiger partial charge in [0.15, 0.2) is 0 Å². The van der Waals surface area contributed by atoms with Crippen molar-refractivity contribution >= 4 is 16.5 Å². The Balaban J connectivity index is 2.25. The van der Waals surface area contributed by atoms with Gasteiger partial charge in [-0.2, -0.15) is 12.7 Å². The van der Waals surface area contributed by atoms with Gasteiger partial charge in [0.25, 0.3) is 6.29 Å². The Bertz CT molecular complexity index is 727. The average Bonchev–Trinajstić information content (AvgIpc) is 2.70. The number of fused-ring (bicyclic) bond motifs is 1. The Kier molecular flexibility index (Phi) is 4.95. The second kappa shape index (κ2) is 6.48. The van der Waals surface area contributed by atoms with Crippen molar-refractivity contribution < 1.29 is 31.6 Å². The SMILES string of the molecule is CCOC(=O)OC1Oc2ccc(OS(=O)(=O)N(C)C)cc2C1(C)C. The van der Waals surface area contributed by atoms with Crippen molar-refractivity contribution in [2.75, 3.05) is 20.7 Å². The molecule has 1 aromatic rings. The van der Waals surface area contributed by atoms with E-state index in [1.807, 2.05) is 13.8 Å². The van der Waals surface area contributed by atoms with Gasteiger partial charge < -0.3 is 18.4 Å². The minimum absolute atomic E-state index is 0.149. The lowest BCUT2D eigenvalue weighted by atomic mass is 9.85. The van der Waals surface area contributed by atoms with Crippen molar-refractivity contribution in [1.29, 1.82) is 0 Å². The summed E-state index contributed by atoms with van der Waals surface area (Å²) < 4.78 is 45.2. The largest absolute Gasteiger partial charge is 0.511 e. The van der Waals surface area contributed by atoms with E-state index < -0.39 is 28.2 Å². The van der Waals surface area contributed by atoms with Crippen LogP contribution in [0.3, 0.4) is 0 Å². The van der Waals surface area contributed by atoms with Crippen LogP contribution in [0.1, 0.15) is 26.3 Å². The molecule has 0 fully saturated rings. The third kappa shape index (κ3) is 3.57. The first-order chi connectivity index (χ1) is 11.1. The molecule has 1 aromatic carbocycles. The molecule has 0 saturated heterocycles. The van der Waals surface area contributed by atoms with Crippen LogP contribution in [0, 0.1) is 0 Å². The summed E-state index contributed by atoms with van der Waals surface area (Å²) in [5.74, 6) is 0.639. The van der Waals surface area contributed by atoms with Gasteiger partial charge in [-0.25, -0.2) is 4.79 Å². The molecule has 1 unspecified atom stereocenters. The van der Waals surface area contributed by atoms with Crippen LogP contribution >= 0.6 is 0 Å². The Labute approximate surface area is 141 Å². The van der Waals surface area contributed by atoms with Crippen LogP contribution in [0.2, 0.25) is 0 Å². The first-order valence-electron chi connectivity index (χ1n) is 7.34. The Morgan fingerprint density at radius 1 is 1.33 bits per heavy atom. The quantitative estimate of drug-likeness (QED) is 0.743. The zero-order valence-corrected chi connectivity index (χ0v) is 15.0. The van der Waals surface area contributed by atoms with E-state index in [1.54, 1.807) is 19.1 Å². The van der Waals surface area contributed by atoms with E-state index in [-0.39, 0.29) is 12.4 Å². The van der Waals surface area contributed by atoms with Crippen molar-refractivity contribution in [3.05, 3.63) is 23.8 Å². The summed E-state index contributed by atoms with van der Waals surface area (Å²) in [5, 5.41) is 0. The highest BCUT2D eigenvalue weighted by molar-refractivity contribution is 7.84. The van der Waals surface area contributed by atoms with E-state index in [9.17, 15) is 13.2 Å². The second-order valence-electron chi connectivity index (χ2n) is 5.95. The number of nitrogens with zero attached hydrogens (tertiary/aromatic N) is 1. The first-order valence-corrected chi connectivity index (χ1v) is 8.71. The lowest BCUT2D eigenvalue weighted by Crippen LogP contribution is -2.36. The topological polar surface area (TPSA) is 91.4 Å². The molecule has 0 saturated carbocycles. The monoisotopic (exact) mass is 359 g/mol. The second-order valence-corrected chi connectivity index (χ2v) is 7.71. The highest BCUT2D eigenvalue weighted by atomic mass is 32.2. The third-order valence-electron chi connectivity index (χ3n) is 3.58. The number of carbonyl (C=O) groups excluding carboxylic acids is 1. The van der Waals surface area contributed by atoms with E-state index in [2.05, 4.69) is 0 Å². The van der Waals surface area contributed by atoms with Crippen LogP contribution in [0.15, 0.2) is 18.2 Å². The Hall–Kier alpha value is -2.00. The maximum atomic E-state index is 11.8. The molecule has 2 rings (SSSR count). The summed E-state index contributed by atoms with van der Waals surface area (Å²) in [6, 6.07) is 4.61. The van der Waals surface area contributed by atoms with Crippen LogP contribution in [-0.2, 0) is 25.2 Å². The number of benzene rings is 1. The summed E-state index contributed by atoms with van der Waals surface area (Å²) >= 11 is 0. The van der Waals surface area contributed by atoms with E-state index in [0.29, 0.717) is 11.3 Å². The maximum absolute atomic E-state index is 11.8. The lowest BCUT2D eigenvalue weighted by molar-refractivity contribution is -0.0829. The summed E-state index contributed by atoms with van der Waals surface area (Å²) in [7, 11) is -1.11. The predicted octanol–water partition coefficient (Wildman–Crippen LogP) is 2.04. The molecule has 0 N–H and O–H groups in total. The molecule has 0 amide bonds. The molecular formula is C15H21NO7S. The predicted molar refractivity (Wildman–Crippen MR) is 85.2 cm³/mol. The number of hydrogen-bond acceptors (Lipinski definition) is 7. The van der Waals surface area contributed by atoms with Gasteiger partial charge in [0, 0.05) is 19.7 Å². The third-order valence-corrected chi connectivity index (χ3v) is 4.88. The number of carbonyl (C=O) groups is 1. The molecule has 0 radical (unpaired) electrons. The molecule has 0 aliphatic carbocycles. The molecule has 134 valence electrons. The van der Waals surface area contributed by atoms with Gasteiger partial charge >= 0.3 is 16.5 Å². The van der Waals surface area contributed by atoms with Crippen LogP contribution in [0.25, 0.3) is 0 Å². The van der Waals surface area contributed by atoms with Crippen molar-refractivity contribution in [2.45, 2.75) is 32.5 Å². The molecule has 0 aromatic heterocycles. The normalized spacial score (nSPS) is 18.7. The Morgan fingerprint density at radius 3 is 2.58 bits per heavy atom. The van der Waals surface area contributed by atoms with E-state index in [4.69, 9.17) is 18.4 Å². The highest BCUT2D eigenvalue weighted by Gasteiger charge is 2.45. The van der Waals surface area contributed by atoms with Gasteiger partial charge in [-0.15, -0.1) is 0 Å². The van der Waals surface area contributed by atoms with Gasteiger partial charge in [-0.05, 0) is 39.0 Å². The van der Waals surface area contributed by atoms with Gasteiger partial charge in [-0.3, -0.25) is 0 Å². The smallest absolute Gasteiger partial charge is 0.453 e. The van der Waals surface area contributed by atoms with E-state index in [0.717, 1.165) is 4.31 Å². The van der Waals surface area contributed by atoms with Crippen molar-refractivity contribution in [3.8, 4) is 11.5 Å². The van der Waals surface area contributed by atoms with Crippen molar-refractivity contribution in [2.24, 2.45) is 0 Å². The molecule has 9 heteroatoms. The van der Waals surface area contributed by atoms with Crippen LogP contribution in [0.4, 0.5) is 4.79 Å². The van der Waals surface area contributed by atoms with E-state index in [1.165, 1.54) is 20.2 Å². The molecule has 24 heavy (non-hydrogen) atoms. The average molecular weight is 359 g/mol. The number of ether oxygens (including phenoxy) is 3. The number of hydrogen-bond donors (Lipinski definition) is 0. The zero-order chi connectivity index (χ0) is 18.1. The Morgan fingerprint density at radius 2 is 2.00 bits per heavy atom. The van der Waals surface area contributed by atoms with Crippen LogP contribution in [0.5, 0.6) is 11.5 Å². The fourth-order valence-electron chi connectivity index (χ4n) is 2.16. The van der Waals surface area contributed by atoms with Crippen LogP contribution in [-0.4, -0.2) is 45.9 Å². The molecule has 1 atom stereocenters. The summed E-state index contributed by atoms with van der Waals surface area (Å²) in [4.78, 5) is 11.5. The van der Waals surface area contributed by atoms with Gasteiger partial charge in [0.05, 0.1) is 12.0 Å². The minimum Gasteiger partial charge on any atom is -0.453 e. The lowest BCUT2D eigenvalue weighted by Gasteiger charge is -2.24. The summed E-state index contributed by atoms with van der Waals surface area (Å²) in [5.41, 5.74) is -0.0353. The zero-order valence-electron chi connectivity index (χ0n) is 14.2. The van der Waals surface area contributed by atoms with Gasteiger partial charge in [-0.1, -0.05) is 0 Å². The standard InChI is InChI=1S/C15H21NO7S/c1-6-20-14(17)22-13-15(2,3)11-9-10(7-8-12(11)21-13)23-24(18,19)16(4)5/h7-9,13H,6H2,1-5H3. The molecule has 1 aliphatic rings.